The average Bonchev–Trinajstić information content (AvgIpc) is 2.72. The SMILES string of the molecule is CCOc1ccc(Br)cc1C(=O)NC(=S)NNC(=O)c1ccc(OCC(C)C)cc1. The Morgan fingerprint density at radius 2 is 1.73 bits per heavy atom. The van der Waals surface area contributed by atoms with Gasteiger partial charge in [-0.05, 0) is 67.5 Å². The fourth-order valence-electron chi connectivity index (χ4n) is 2.31. The maximum Gasteiger partial charge on any atom is 0.269 e. The lowest BCUT2D eigenvalue weighted by Gasteiger charge is -2.13. The molecular formula is C21H24BrN3O4S. The molecule has 2 rings (SSSR count). The number of hydrazine groups is 1. The number of halogens is 1. The number of rotatable bonds is 7. The van der Waals surface area contributed by atoms with Gasteiger partial charge in [0.25, 0.3) is 11.8 Å². The molecule has 9 heteroatoms. The van der Waals surface area contributed by atoms with E-state index in [0.717, 1.165) is 4.47 Å². The molecule has 0 atom stereocenters. The molecule has 0 saturated carbocycles. The van der Waals surface area contributed by atoms with Crippen molar-refractivity contribution < 1.29 is 19.1 Å². The van der Waals surface area contributed by atoms with Crippen molar-refractivity contribution in [2.75, 3.05) is 13.2 Å². The summed E-state index contributed by atoms with van der Waals surface area (Å²) in [5, 5.41) is 2.46. The first-order valence-electron chi connectivity index (χ1n) is 9.37. The van der Waals surface area contributed by atoms with E-state index in [4.69, 9.17) is 21.7 Å². The Morgan fingerprint density at radius 1 is 1.03 bits per heavy atom. The van der Waals surface area contributed by atoms with Gasteiger partial charge in [0.1, 0.15) is 11.5 Å². The molecule has 2 aromatic rings. The van der Waals surface area contributed by atoms with Gasteiger partial charge in [-0.15, -0.1) is 0 Å². The van der Waals surface area contributed by atoms with Crippen LogP contribution in [0.1, 0.15) is 41.5 Å². The van der Waals surface area contributed by atoms with Crippen LogP contribution in [0, 0.1) is 5.92 Å². The number of carbonyl (C=O) groups excluding carboxylic acids is 2. The molecule has 0 unspecified atom stereocenters. The molecule has 0 bridgehead atoms. The van der Waals surface area contributed by atoms with Gasteiger partial charge in [0.2, 0.25) is 0 Å². The first-order chi connectivity index (χ1) is 14.3. The molecule has 7 nitrogen and oxygen atoms in total. The minimum absolute atomic E-state index is 0.0485. The van der Waals surface area contributed by atoms with Crippen LogP contribution in [0.15, 0.2) is 46.9 Å². The summed E-state index contributed by atoms with van der Waals surface area (Å²) >= 11 is 8.42. The normalized spacial score (nSPS) is 10.3. The standard InChI is InChI=1S/C21H24BrN3O4S/c1-4-28-18-10-7-15(22)11-17(18)20(27)23-21(30)25-24-19(26)14-5-8-16(9-6-14)29-12-13(2)3/h5-11,13H,4,12H2,1-3H3,(H,24,26)(H2,23,25,27,30). The van der Waals surface area contributed by atoms with Crippen LogP contribution in [-0.4, -0.2) is 30.1 Å². The highest BCUT2D eigenvalue weighted by Crippen LogP contribution is 2.23. The van der Waals surface area contributed by atoms with Crippen LogP contribution in [0.3, 0.4) is 0 Å². The van der Waals surface area contributed by atoms with Crippen molar-refractivity contribution in [2.45, 2.75) is 20.8 Å². The maximum absolute atomic E-state index is 12.5. The van der Waals surface area contributed by atoms with Crippen molar-refractivity contribution in [2.24, 2.45) is 5.92 Å². The monoisotopic (exact) mass is 493 g/mol. The second-order valence-corrected chi connectivity index (χ2v) is 7.99. The molecule has 2 amide bonds. The summed E-state index contributed by atoms with van der Waals surface area (Å²) in [6.45, 7) is 6.97. The van der Waals surface area contributed by atoms with Gasteiger partial charge in [0.15, 0.2) is 5.11 Å². The van der Waals surface area contributed by atoms with Crippen molar-refractivity contribution in [1.29, 1.82) is 0 Å². The number of carbonyl (C=O) groups is 2. The molecule has 0 saturated heterocycles. The number of thiocarbonyl (C=S) groups is 1. The Bertz CT molecular complexity index is 904. The van der Waals surface area contributed by atoms with Crippen LogP contribution < -0.4 is 25.6 Å². The number of ether oxygens (including phenoxy) is 2. The maximum atomic E-state index is 12.5. The first kappa shape index (κ1) is 23.6. The van der Waals surface area contributed by atoms with Gasteiger partial charge in [-0.2, -0.15) is 0 Å². The highest BCUT2D eigenvalue weighted by Gasteiger charge is 2.15. The molecule has 0 aliphatic rings. The van der Waals surface area contributed by atoms with Gasteiger partial charge in [-0.25, -0.2) is 0 Å². The Hall–Kier alpha value is -2.65. The van der Waals surface area contributed by atoms with Crippen LogP contribution in [-0.2, 0) is 0 Å². The fraction of sp³-hybridized carbons (Fsp3) is 0.286. The zero-order valence-corrected chi connectivity index (χ0v) is 19.4. The number of hydrogen-bond acceptors (Lipinski definition) is 5. The van der Waals surface area contributed by atoms with Crippen molar-refractivity contribution in [3.8, 4) is 11.5 Å². The molecule has 0 aromatic heterocycles. The summed E-state index contributed by atoms with van der Waals surface area (Å²) in [6, 6.07) is 11.8. The second kappa shape index (κ2) is 11.5. The third kappa shape index (κ3) is 7.31. The molecule has 3 N–H and O–H groups in total. The lowest BCUT2D eigenvalue weighted by atomic mass is 10.2. The fourth-order valence-corrected chi connectivity index (χ4v) is 2.82. The topological polar surface area (TPSA) is 88.7 Å². The van der Waals surface area contributed by atoms with Gasteiger partial charge in [-0.3, -0.25) is 25.8 Å². The van der Waals surface area contributed by atoms with Crippen molar-refractivity contribution in [3.63, 3.8) is 0 Å². The van der Waals surface area contributed by atoms with E-state index >= 15 is 0 Å². The van der Waals surface area contributed by atoms with Gasteiger partial charge < -0.3 is 9.47 Å². The lowest BCUT2D eigenvalue weighted by Crippen LogP contribution is -2.48. The Morgan fingerprint density at radius 3 is 2.37 bits per heavy atom. The van der Waals surface area contributed by atoms with Crippen molar-refractivity contribution >= 4 is 45.1 Å². The summed E-state index contributed by atoms with van der Waals surface area (Å²) in [5.41, 5.74) is 5.70. The molecular weight excluding hydrogens is 470 g/mol. The van der Waals surface area contributed by atoms with E-state index in [0.29, 0.717) is 41.8 Å². The Balaban J connectivity index is 1.89. The first-order valence-corrected chi connectivity index (χ1v) is 10.6. The summed E-state index contributed by atoms with van der Waals surface area (Å²) in [5.74, 6) is 0.674. The van der Waals surface area contributed by atoms with Gasteiger partial charge in [0, 0.05) is 10.0 Å². The zero-order chi connectivity index (χ0) is 22.1. The predicted octanol–water partition coefficient (Wildman–Crippen LogP) is 3.83. The van der Waals surface area contributed by atoms with E-state index < -0.39 is 11.8 Å². The van der Waals surface area contributed by atoms with Gasteiger partial charge in [-0.1, -0.05) is 29.8 Å². The van der Waals surface area contributed by atoms with Crippen LogP contribution in [0.4, 0.5) is 0 Å². The third-order valence-corrected chi connectivity index (χ3v) is 4.40. The molecule has 0 aliphatic heterocycles. The molecule has 160 valence electrons. The molecule has 0 aliphatic carbocycles. The average molecular weight is 494 g/mol. The summed E-state index contributed by atoms with van der Waals surface area (Å²) in [4.78, 5) is 24.8. The van der Waals surface area contributed by atoms with Crippen molar-refractivity contribution in [1.82, 2.24) is 16.2 Å². The number of hydrogen-bond donors (Lipinski definition) is 3. The van der Waals surface area contributed by atoms with E-state index in [9.17, 15) is 9.59 Å². The summed E-state index contributed by atoms with van der Waals surface area (Å²) < 4.78 is 11.8. The Labute approximate surface area is 189 Å². The van der Waals surface area contributed by atoms with Crippen LogP contribution >= 0.6 is 28.1 Å². The van der Waals surface area contributed by atoms with E-state index in [-0.39, 0.29) is 5.11 Å². The molecule has 2 aromatic carbocycles. The van der Waals surface area contributed by atoms with E-state index in [1.54, 1.807) is 42.5 Å². The summed E-state index contributed by atoms with van der Waals surface area (Å²) in [7, 11) is 0. The van der Waals surface area contributed by atoms with Crippen molar-refractivity contribution in [3.05, 3.63) is 58.1 Å². The van der Waals surface area contributed by atoms with Crippen LogP contribution in [0.5, 0.6) is 11.5 Å². The molecule has 0 radical (unpaired) electrons. The Kier molecular flexibility index (Phi) is 9.07. The number of nitrogens with one attached hydrogen (secondary N) is 3. The summed E-state index contributed by atoms with van der Waals surface area (Å²) in [6.07, 6.45) is 0. The lowest BCUT2D eigenvalue weighted by molar-refractivity contribution is 0.0933. The third-order valence-electron chi connectivity index (χ3n) is 3.70. The van der Waals surface area contributed by atoms with Gasteiger partial charge in [0.05, 0.1) is 18.8 Å². The highest BCUT2D eigenvalue weighted by atomic mass is 79.9. The minimum Gasteiger partial charge on any atom is -0.493 e. The predicted molar refractivity (Wildman–Crippen MR) is 123 cm³/mol. The quantitative estimate of drug-likeness (QED) is 0.401. The highest BCUT2D eigenvalue weighted by molar-refractivity contribution is 9.10. The zero-order valence-electron chi connectivity index (χ0n) is 17.0. The second-order valence-electron chi connectivity index (χ2n) is 6.67. The molecule has 30 heavy (non-hydrogen) atoms. The van der Waals surface area contributed by atoms with Crippen LogP contribution in [0.2, 0.25) is 0 Å². The number of benzene rings is 2. The van der Waals surface area contributed by atoms with E-state index in [1.165, 1.54) is 0 Å². The van der Waals surface area contributed by atoms with E-state index in [1.807, 2.05) is 6.92 Å². The largest absolute Gasteiger partial charge is 0.493 e. The number of amides is 2. The molecule has 0 spiro atoms. The molecule has 0 fully saturated rings. The van der Waals surface area contributed by atoms with E-state index in [2.05, 4.69) is 45.9 Å². The molecule has 0 heterocycles. The minimum atomic E-state index is -0.460. The smallest absolute Gasteiger partial charge is 0.269 e. The van der Waals surface area contributed by atoms with Gasteiger partial charge >= 0.3 is 0 Å². The van der Waals surface area contributed by atoms with Crippen LogP contribution in [0.25, 0.3) is 0 Å².